The quantitative estimate of drug-likeness (QED) is 0.564. The molecule has 1 heterocycles. The molecular weight excluding hydrogens is 324 g/mol. The number of aromatic hydroxyl groups is 1. The molecule has 0 saturated carbocycles. The number of pyridine rings is 1. The largest absolute Gasteiger partial charge is 0.508 e. The number of benzene rings is 1. The second-order valence-electron chi connectivity index (χ2n) is 5.08. The van der Waals surface area contributed by atoms with Crippen molar-refractivity contribution in [1.29, 1.82) is 10.5 Å². The van der Waals surface area contributed by atoms with Crippen molar-refractivity contribution in [2.45, 2.75) is 18.4 Å². The van der Waals surface area contributed by atoms with Gasteiger partial charge in [-0.05, 0) is 36.6 Å². The number of phenols is 1. The van der Waals surface area contributed by atoms with Crippen LogP contribution in [-0.2, 0) is 0 Å². The number of nitrogens with zero attached hydrogens (tertiary/aromatic N) is 3. The van der Waals surface area contributed by atoms with Crippen molar-refractivity contribution in [2.24, 2.45) is 0 Å². The lowest BCUT2D eigenvalue weighted by molar-refractivity contribution is 0.296. The topological polar surface area (TPSA) is 127 Å². The van der Waals surface area contributed by atoms with Crippen molar-refractivity contribution in [3.05, 3.63) is 34.9 Å². The Labute approximate surface area is 144 Å². The lowest BCUT2D eigenvalue weighted by Crippen LogP contribution is -2.04. The van der Waals surface area contributed by atoms with Gasteiger partial charge in [0.2, 0.25) is 0 Å². The fourth-order valence-electron chi connectivity index (χ4n) is 2.24. The molecule has 2 aromatic rings. The number of aromatic nitrogens is 1. The lowest BCUT2D eigenvalue weighted by atomic mass is 9.95. The first kappa shape index (κ1) is 17.6. The highest BCUT2D eigenvalue weighted by Crippen LogP contribution is 2.37. The number of aliphatic hydroxyl groups excluding tert-OH is 1. The maximum Gasteiger partial charge on any atom is 0.143 e. The molecule has 4 N–H and O–H groups in total. The van der Waals surface area contributed by atoms with Crippen LogP contribution in [0.1, 0.15) is 23.1 Å². The lowest BCUT2D eigenvalue weighted by Gasteiger charge is -2.13. The van der Waals surface area contributed by atoms with Gasteiger partial charge in [-0.2, -0.15) is 10.5 Å². The van der Waals surface area contributed by atoms with Crippen molar-refractivity contribution in [3.8, 4) is 29.0 Å². The van der Waals surface area contributed by atoms with Gasteiger partial charge in [-0.25, -0.2) is 4.98 Å². The molecule has 24 heavy (non-hydrogen) atoms. The zero-order valence-electron chi connectivity index (χ0n) is 13.1. The summed E-state index contributed by atoms with van der Waals surface area (Å²) in [7, 11) is 0. The minimum absolute atomic E-state index is 0.0463. The van der Waals surface area contributed by atoms with E-state index in [0.717, 1.165) is 0 Å². The highest BCUT2D eigenvalue weighted by molar-refractivity contribution is 7.99. The Morgan fingerprint density at radius 2 is 1.96 bits per heavy atom. The number of thioether (sulfide) groups is 1. The summed E-state index contributed by atoms with van der Waals surface area (Å²) in [6.07, 6.45) is 0.560. The first-order valence-electron chi connectivity index (χ1n) is 7.20. The first-order valence-corrected chi connectivity index (χ1v) is 8.19. The molecule has 2 rings (SSSR count). The summed E-state index contributed by atoms with van der Waals surface area (Å²) in [4.78, 5) is 4.18. The van der Waals surface area contributed by atoms with E-state index in [9.17, 15) is 15.6 Å². The molecule has 0 radical (unpaired) electrons. The molecule has 0 atom stereocenters. The molecule has 0 bridgehead atoms. The fraction of sp³-hybridized carbons (Fsp3) is 0.235. The molecule has 6 nitrogen and oxygen atoms in total. The summed E-state index contributed by atoms with van der Waals surface area (Å²) >= 11 is 1.31. The van der Waals surface area contributed by atoms with Gasteiger partial charge in [-0.1, -0.05) is 6.07 Å². The van der Waals surface area contributed by atoms with Crippen LogP contribution in [0.5, 0.6) is 5.75 Å². The minimum Gasteiger partial charge on any atom is -0.508 e. The number of phenolic OH excluding ortho intramolecular Hbond substituents is 1. The van der Waals surface area contributed by atoms with E-state index in [0.29, 0.717) is 33.9 Å². The fourth-order valence-corrected chi connectivity index (χ4v) is 3.16. The van der Waals surface area contributed by atoms with Crippen LogP contribution in [-0.4, -0.2) is 27.6 Å². The average molecular weight is 340 g/mol. The zero-order valence-corrected chi connectivity index (χ0v) is 13.9. The van der Waals surface area contributed by atoms with E-state index in [4.69, 9.17) is 10.8 Å². The van der Waals surface area contributed by atoms with Crippen molar-refractivity contribution in [2.75, 3.05) is 18.1 Å². The highest BCUT2D eigenvalue weighted by atomic mass is 32.2. The number of nitrogens with two attached hydrogens (primary N) is 1. The smallest absolute Gasteiger partial charge is 0.143 e. The Bertz CT molecular complexity index is 853. The summed E-state index contributed by atoms with van der Waals surface area (Å²) in [5.74, 6) is 0.774. The van der Waals surface area contributed by atoms with Crippen molar-refractivity contribution in [3.63, 3.8) is 0 Å². The van der Waals surface area contributed by atoms with Crippen LogP contribution in [0, 0.1) is 29.6 Å². The molecule has 0 amide bonds. The van der Waals surface area contributed by atoms with Gasteiger partial charge in [0.1, 0.15) is 34.3 Å². The first-order chi connectivity index (χ1) is 11.5. The van der Waals surface area contributed by atoms with Crippen LogP contribution in [0.2, 0.25) is 0 Å². The molecule has 0 aliphatic carbocycles. The molecule has 0 fully saturated rings. The molecule has 122 valence electrons. The predicted molar refractivity (Wildman–Crippen MR) is 92.3 cm³/mol. The number of rotatable bonds is 5. The molecule has 0 aliphatic rings. The Morgan fingerprint density at radius 3 is 2.54 bits per heavy atom. The standard InChI is InChI=1S/C17H16N4O2S/c1-10-7-11(3-4-14(10)23)15-12(8-18)16(20)21-17(13(15)9-19)24-6-2-5-22/h3-4,7,22-23H,2,5-6H2,1H3,(H2,20,21). The Kier molecular flexibility index (Phi) is 5.64. The number of hydrogen-bond acceptors (Lipinski definition) is 7. The van der Waals surface area contributed by atoms with Gasteiger partial charge in [-0.15, -0.1) is 11.8 Å². The maximum atomic E-state index is 9.70. The summed E-state index contributed by atoms with van der Waals surface area (Å²) in [5, 5.41) is 38.1. The molecular formula is C17H16N4O2S. The van der Waals surface area contributed by atoms with Gasteiger partial charge in [-0.3, -0.25) is 0 Å². The van der Waals surface area contributed by atoms with Gasteiger partial charge < -0.3 is 15.9 Å². The number of anilines is 1. The molecule has 1 aromatic heterocycles. The second kappa shape index (κ2) is 7.69. The predicted octanol–water partition coefficient (Wildman–Crippen LogP) is 2.56. The average Bonchev–Trinajstić information content (AvgIpc) is 2.57. The number of nitriles is 2. The highest BCUT2D eigenvalue weighted by Gasteiger charge is 2.20. The summed E-state index contributed by atoms with van der Waals surface area (Å²) in [5.41, 5.74) is 7.99. The normalized spacial score (nSPS) is 10.2. The van der Waals surface area contributed by atoms with Crippen LogP contribution >= 0.6 is 11.8 Å². The van der Waals surface area contributed by atoms with E-state index in [-0.39, 0.29) is 29.3 Å². The van der Waals surface area contributed by atoms with Gasteiger partial charge in [0.15, 0.2) is 0 Å². The van der Waals surface area contributed by atoms with Crippen LogP contribution < -0.4 is 5.73 Å². The van der Waals surface area contributed by atoms with Gasteiger partial charge in [0.05, 0.1) is 5.56 Å². The van der Waals surface area contributed by atoms with Crippen molar-refractivity contribution >= 4 is 17.6 Å². The van der Waals surface area contributed by atoms with Gasteiger partial charge >= 0.3 is 0 Å². The molecule has 0 aliphatic heterocycles. The third kappa shape index (κ3) is 3.43. The third-order valence-corrected chi connectivity index (χ3v) is 4.50. The van der Waals surface area contributed by atoms with Crippen molar-refractivity contribution < 1.29 is 10.2 Å². The van der Waals surface area contributed by atoms with Gasteiger partial charge in [0, 0.05) is 17.9 Å². The number of hydrogen-bond donors (Lipinski definition) is 3. The molecule has 0 unspecified atom stereocenters. The van der Waals surface area contributed by atoms with Crippen LogP contribution in [0.3, 0.4) is 0 Å². The number of aryl methyl sites for hydroxylation is 1. The van der Waals surface area contributed by atoms with Crippen LogP contribution in [0.4, 0.5) is 5.82 Å². The maximum absolute atomic E-state index is 9.70. The molecule has 0 spiro atoms. The zero-order chi connectivity index (χ0) is 17.7. The number of nitrogen functional groups attached to an aromatic ring is 1. The minimum atomic E-state index is 0.0463. The van der Waals surface area contributed by atoms with Gasteiger partial charge in [0.25, 0.3) is 0 Å². The van der Waals surface area contributed by atoms with E-state index in [1.807, 2.05) is 6.07 Å². The van der Waals surface area contributed by atoms with E-state index in [1.54, 1.807) is 19.1 Å². The molecule has 7 heteroatoms. The third-order valence-electron chi connectivity index (χ3n) is 3.44. The van der Waals surface area contributed by atoms with Crippen molar-refractivity contribution in [1.82, 2.24) is 4.98 Å². The SMILES string of the molecule is Cc1cc(-c2c(C#N)c(N)nc(SCCCO)c2C#N)ccc1O. The summed E-state index contributed by atoms with van der Waals surface area (Å²) < 4.78 is 0. The van der Waals surface area contributed by atoms with Crippen LogP contribution in [0.25, 0.3) is 11.1 Å². The van der Waals surface area contributed by atoms with E-state index in [2.05, 4.69) is 11.1 Å². The second-order valence-corrected chi connectivity index (χ2v) is 6.16. The monoisotopic (exact) mass is 340 g/mol. The van der Waals surface area contributed by atoms with Crippen LogP contribution in [0.15, 0.2) is 23.2 Å². The Balaban J connectivity index is 2.69. The number of aliphatic hydroxyl groups is 1. The molecule has 0 saturated heterocycles. The summed E-state index contributed by atoms with van der Waals surface area (Å²) in [6, 6.07) is 8.98. The van der Waals surface area contributed by atoms with E-state index in [1.165, 1.54) is 17.8 Å². The molecule has 1 aromatic carbocycles. The Morgan fingerprint density at radius 1 is 1.25 bits per heavy atom. The Hall–Kier alpha value is -2.74. The van der Waals surface area contributed by atoms with E-state index >= 15 is 0 Å². The van der Waals surface area contributed by atoms with E-state index < -0.39 is 0 Å². The summed E-state index contributed by atoms with van der Waals surface area (Å²) in [6.45, 7) is 1.78.